The number of halogens is 3. The minimum atomic E-state index is -4.44. The molecule has 7 heteroatoms. The van der Waals surface area contributed by atoms with Crippen LogP contribution in [-0.2, 0) is 19.3 Å². The van der Waals surface area contributed by atoms with Crippen LogP contribution in [0.25, 0.3) is 0 Å². The Balaban J connectivity index is 1.84. The highest BCUT2D eigenvalue weighted by molar-refractivity contribution is 5.94. The fourth-order valence-electron chi connectivity index (χ4n) is 2.49. The van der Waals surface area contributed by atoms with Crippen LogP contribution < -0.4 is 0 Å². The van der Waals surface area contributed by atoms with Gasteiger partial charge in [-0.2, -0.15) is 13.2 Å². The maximum absolute atomic E-state index is 12.8. The van der Waals surface area contributed by atoms with Gasteiger partial charge in [0, 0.05) is 24.5 Å². The lowest BCUT2D eigenvalue weighted by atomic mass is 10.1. The van der Waals surface area contributed by atoms with Crippen LogP contribution in [0, 0.1) is 0 Å². The first-order valence-corrected chi connectivity index (χ1v) is 7.81. The van der Waals surface area contributed by atoms with Gasteiger partial charge in [0.15, 0.2) is 0 Å². The molecule has 3 aromatic rings. The Kier molecular flexibility index (Phi) is 5.06. The molecule has 0 fully saturated rings. The molecule has 0 aliphatic carbocycles. The number of hydrogen-bond acceptors (Lipinski definition) is 3. The number of nitrogens with zero attached hydrogens (tertiary/aromatic N) is 2. The van der Waals surface area contributed by atoms with Crippen LogP contribution in [0.2, 0.25) is 0 Å². The van der Waals surface area contributed by atoms with E-state index < -0.39 is 11.7 Å². The summed E-state index contributed by atoms with van der Waals surface area (Å²) >= 11 is 0. The minimum Gasteiger partial charge on any atom is -0.467 e. The second-order valence-electron chi connectivity index (χ2n) is 5.68. The molecule has 0 spiro atoms. The summed E-state index contributed by atoms with van der Waals surface area (Å²) in [7, 11) is 0. The van der Waals surface area contributed by atoms with Crippen LogP contribution in [0.1, 0.15) is 27.2 Å². The SMILES string of the molecule is O=C(c1ccc(C(F)(F)F)cc1)N(Cc1cccnc1)Cc1ccco1. The lowest BCUT2D eigenvalue weighted by molar-refractivity contribution is -0.137. The Morgan fingerprint density at radius 1 is 1.04 bits per heavy atom. The molecule has 4 nitrogen and oxygen atoms in total. The zero-order chi connectivity index (χ0) is 18.6. The maximum atomic E-state index is 12.8. The molecule has 2 heterocycles. The van der Waals surface area contributed by atoms with E-state index in [1.165, 1.54) is 23.3 Å². The normalized spacial score (nSPS) is 11.3. The molecule has 0 unspecified atom stereocenters. The van der Waals surface area contributed by atoms with Crippen LogP contribution in [0.5, 0.6) is 0 Å². The molecule has 0 saturated carbocycles. The van der Waals surface area contributed by atoms with E-state index in [4.69, 9.17) is 4.42 Å². The maximum Gasteiger partial charge on any atom is 0.416 e. The van der Waals surface area contributed by atoms with Crippen molar-refractivity contribution >= 4 is 5.91 Å². The molecule has 26 heavy (non-hydrogen) atoms. The summed E-state index contributed by atoms with van der Waals surface area (Å²) in [5.41, 5.74) is 0.187. The number of hydrogen-bond donors (Lipinski definition) is 0. The van der Waals surface area contributed by atoms with Crippen LogP contribution in [-0.4, -0.2) is 15.8 Å². The number of aromatic nitrogens is 1. The summed E-state index contributed by atoms with van der Waals surface area (Å²) in [6, 6.07) is 11.2. The van der Waals surface area contributed by atoms with Gasteiger partial charge >= 0.3 is 6.18 Å². The van der Waals surface area contributed by atoms with E-state index in [0.717, 1.165) is 17.7 Å². The van der Waals surface area contributed by atoms with E-state index in [2.05, 4.69) is 4.98 Å². The highest BCUT2D eigenvalue weighted by Gasteiger charge is 2.30. The molecule has 0 N–H and O–H groups in total. The minimum absolute atomic E-state index is 0.174. The summed E-state index contributed by atoms with van der Waals surface area (Å²) in [6.07, 6.45) is 0.318. The molecular formula is C19H15F3N2O2. The first kappa shape index (κ1) is 17.7. The van der Waals surface area contributed by atoms with E-state index in [1.54, 1.807) is 30.6 Å². The van der Waals surface area contributed by atoms with Crippen LogP contribution in [0.15, 0.2) is 71.6 Å². The lowest BCUT2D eigenvalue weighted by Gasteiger charge is -2.22. The largest absolute Gasteiger partial charge is 0.467 e. The Morgan fingerprint density at radius 3 is 2.38 bits per heavy atom. The molecule has 2 aromatic heterocycles. The average Bonchev–Trinajstić information content (AvgIpc) is 3.14. The van der Waals surface area contributed by atoms with Gasteiger partial charge in [-0.15, -0.1) is 0 Å². The fraction of sp³-hybridized carbons (Fsp3) is 0.158. The predicted octanol–water partition coefficient (Wildman–Crippen LogP) is 4.54. The van der Waals surface area contributed by atoms with Gasteiger partial charge in [-0.1, -0.05) is 6.07 Å². The lowest BCUT2D eigenvalue weighted by Crippen LogP contribution is -2.30. The number of carbonyl (C=O) groups excluding carboxylic acids is 1. The smallest absolute Gasteiger partial charge is 0.416 e. The molecule has 0 radical (unpaired) electrons. The first-order chi connectivity index (χ1) is 12.4. The number of carbonyl (C=O) groups is 1. The van der Waals surface area contributed by atoms with Crippen molar-refractivity contribution in [2.75, 3.05) is 0 Å². The third-order valence-electron chi connectivity index (χ3n) is 3.77. The Hall–Kier alpha value is -3.09. The zero-order valence-electron chi connectivity index (χ0n) is 13.6. The summed E-state index contributed by atoms with van der Waals surface area (Å²) in [5, 5.41) is 0. The van der Waals surface area contributed by atoms with Crippen molar-refractivity contribution in [1.29, 1.82) is 0 Å². The summed E-state index contributed by atoms with van der Waals surface area (Å²) < 4.78 is 43.4. The molecule has 134 valence electrons. The fourth-order valence-corrected chi connectivity index (χ4v) is 2.49. The highest BCUT2D eigenvalue weighted by atomic mass is 19.4. The number of furan rings is 1. The topological polar surface area (TPSA) is 46.3 Å². The molecule has 1 aromatic carbocycles. The van der Waals surface area contributed by atoms with Crippen molar-refractivity contribution in [2.45, 2.75) is 19.3 Å². The van der Waals surface area contributed by atoms with Gasteiger partial charge in [0.25, 0.3) is 5.91 Å². The Labute approximate surface area is 147 Å². The first-order valence-electron chi connectivity index (χ1n) is 7.81. The quantitative estimate of drug-likeness (QED) is 0.671. The van der Waals surface area contributed by atoms with Crippen LogP contribution >= 0.6 is 0 Å². The number of pyridine rings is 1. The molecule has 3 rings (SSSR count). The van der Waals surface area contributed by atoms with E-state index in [0.29, 0.717) is 5.76 Å². The number of benzene rings is 1. The molecule has 0 aliphatic heterocycles. The van der Waals surface area contributed by atoms with Gasteiger partial charge in [-0.3, -0.25) is 9.78 Å². The van der Waals surface area contributed by atoms with E-state index >= 15 is 0 Å². The Morgan fingerprint density at radius 2 is 1.81 bits per heavy atom. The molecule has 1 amide bonds. The summed E-state index contributed by atoms with van der Waals surface area (Å²) in [6.45, 7) is 0.455. The second-order valence-corrected chi connectivity index (χ2v) is 5.68. The zero-order valence-corrected chi connectivity index (χ0v) is 13.6. The van der Waals surface area contributed by atoms with Crippen LogP contribution in [0.3, 0.4) is 0 Å². The number of rotatable bonds is 5. The van der Waals surface area contributed by atoms with E-state index in [-0.39, 0.29) is 24.6 Å². The third-order valence-corrected chi connectivity index (χ3v) is 3.77. The summed E-state index contributed by atoms with van der Waals surface area (Å²) in [5.74, 6) is 0.188. The predicted molar refractivity (Wildman–Crippen MR) is 88.0 cm³/mol. The second kappa shape index (κ2) is 7.43. The van der Waals surface area contributed by atoms with Crippen molar-refractivity contribution in [2.24, 2.45) is 0 Å². The van der Waals surface area contributed by atoms with Gasteiger partial charge in [-0.05, 0) is 48.0 Å². The van der Waals surface area contributed by atoms with Crippen molar-refractivity contribution < 1.29 is 22.4 Å². The van der Waals surface area contributed by atoms with Gasteiger partial charge in [0.05, 0.1) is 18.4 Å². The van der Waals surface area contributed by atoms with Gasteiger partial charge in [0.1, 0.15) is 5.76 Å². The third kappa shape index (κ3) is 4.30. The Bertz CT molecular complexity index is 845. The molecular weight excluding hydrogens is 345 g/mol. The van der Waals surface area contributed by atoms with Crippen molar-refractivity contribution in [3.8, 4) is 0 Å². The molecule has 0 atom stereocenters. The number of alkyl halides is 3. The highest BCUT2D eigenvalue weighted by Crippen LogP contribution is 2.29. The van der Waals surface area contributed by atoms with Crippen molar-refractivity contribution in [3.63, 3.8) is 0 Å². The monoisotopic (exact) mass is 360 g/mol. The van der Waals surface area contributed by atoms with E-state index in [9.17, 15) is 18.0 Å². The average molecular weight is 360 g/mol. The molecule has 0 saturated heterocycles. The van der Waals surface area contributed by atoms with Crippen molar-refractivity contribution in [3.05, 3.63) is 89.6 Å². The standard InChI is InChI=1S/C19H15F3N2O2/c20-19(21,22)16-7-5-15(6-8-16)18(25)24(13-17-4-2-10-26-17)12-14-3-1-9-23-11-14/h1-11H,12-13H2. The van der Waals surface area contributed by atoms with Gasteiger partial charge < -0.3 is 9.32 Å². The molecule has 0 bridgehead atoms. The number of amides is 1. The van der Waals surface area contributed by atoms with Gasteiger partial charge in [0.2, 0.25) is 0 Å². The summed E-state index contributed by atoms with van der Waals surface area (Å²) in [4.78, 5) is 18.3. The van der Waals surface area contributed by atoms with Crippen molar-refractivity contribution in [1.82, 2.24) is 9.88 Å². The van der Waals surface area contributed by atoms with E-state index in [1.807, 2.05) is 6.07 Å². The van der Waals surface area contributed by atoms with Crippen LogP contribution in [0.4, 0.5) is 13.2 Å². The van der Waals surface area contributed by atoms with Gasteiger partial charge in [-0.25, -0.2) is 0 Å². The molecule has 0 aliphatic rings.